The summed E-state index contributed by atoms with van der Waals surface area (Å²) in [5.41, 5.74) is 2.37. The lowest BCUT2D eigenvalue weighted by atomic mass is 10.5. The van der Waals surface area contributed by atoms with Gasteiger partial charge in [-0.1, -0.05) is 41.5 Å². The van der Waals surface area contributed by atoms with Gasteiger partial charge in [-0.2, -0.15) is 25.3 Å². The zero-order chi connectivity index (χ0) is 11.5. The summed E-state index contributed by atoms with van der Waals surface area (Å²) in [5, 5.41) is 0. The highest BCUT2D eigenvalue weighted by atomic mass is 32.1. The molecule has 0 aromatic rings. The molecule has 0 aliphatic rings. The first-order valence-electron chi connectivity index (χ1n) is 5.60. The molecule has 1 atom stereocenters. The van der Waals surface area contributed by atoms with E-state index in [4.69, 9.17) is 12.6 Å². The molecule has 0 nitrogen and oxygen atoms in total. The molecule has 0 saturated heterocycles. The Labute approximate surface area is 102 Å². The van der Waals surface area contributed by atoms with Crippen LogP contribution in [0.2, 0.25) is 16.6 Å². The Bertz CT molecular complexity index is 145. The Morgan fingerprint density at radius 3 is 1.21 bits per heavy atom. The molecule has 0 fully saturated rings. The van der Waals surface area contributed by atoms with Crippen molar-refractivity contribution in [2.45, 2.75) is 63.0 Å². The highest BCUT2D eigenvalue weighted by molar-refractivity contribution is 7.86. The van der Waals surface area contributed by atoms with Crippen molar-refractivity contribution in [1.29, 1.82) is 0 Å². The van der Waals surface area contributed by atoms with Gasteiger partial charge in [0.15, 0.2) is 0 Å². The molecule has 0 amide bonds. The summed E-state index contributed by atoms with van der Waals surface area (Å²) in [5.74, 6) is 0.921. The second-order valence-corrected chi connectivity index (χ2v) is 12.8. The molecule has 0 N–H and O–H groups in total. The maximum absolute atomic E-state index is 4.81. The number of hydrogen-bond donors (Lipinski definition) is 2. The molecular formula is C11H26S2Si. The SMILES string of the molecule is CC(C)[Si](C(C)C)(C(C)C)C(S)CS. The lowest BCUT2D eigenvalue weighted by Gasteiger charge is -2.46. The second-order valence-electron chi connectivity index (χ2n) is 5.16. The summed E-state index contributed by atoms with van der Waals surface area (Å²) in [6, 6.07) is 0. The van der Waals surface area contributed by atoms with Crippen molar-refractivity contribution in [2.24, 2.45) is 0 Å². The average Bonchev–Trinajstić information content (AvgIpc) is 2.02. The summed E-state index contributed by atoms with van der Waals surface area (Å²) in [4.78, 5) is 0.519. The van der Waals surface area contributed by atoms with Crippen molar-refractivity contribution in [1.82, 2.24) is 0 Å². The zero-order valence-corrected chi connectivity index (χ0v) is 13.2. The van der Waals surface area contributed by atoms with E-state index in [0.29, 0.717) is 4.87 Å². The van der Waals surface area contributed by atoms with Gasteiger partial charge in [0.1, 0.15) is 0 Å². The van der Waals surface area contributed by atoms with Crippen LogP contribution in [0.4, 0.5) is 0 Å². The van der Waals surface area contributed by atoms with E-state index in [-0.39, 0.29) is 0 Å². The Balaban J connectivity index is 5.16. The monoisotopic (exact) mass is 250 g/mol. The maximum Gasteiger partial charge on any atom is 0.0761 e. The van der Waals surface area contributed by atoms with Crippen LogP contribution in [0.3, 0.4) is 0 Å². The fourth-order valence-corrected chi connectivity index (χ4v) is 13.6. The number of thiol groups is 2. The fourth-order valence-electron chi connectivity index (χ4n) is 3.31. The average molecular weight is 251 g/mol. The third-order valence-corrected chi connectivity index (χ3v) is 13.6. The molecule has 0 bridgehead atoms. The largest absolute Gasteiger partial charge is 0.179 e. The summed E-state index contributed by atoms with van der Waals surface area (Å²) in [6.45, 7) is 14.2. The Hall–Kier alpha value is 0.917. The maximum atomic E-state index is 4.81. The van der Waals surface area contributed by atoms with Crippen LogP contribution < -0.4 is 0 Å². The molecule has 1 unspecified atom stereocenters. The van der Waals surface area contributed by atoms with Crippen LogP contribution in [0.5, 0.6) is 0 Å². The van der Waals surface area contributed by atoms with Gasteiger partial charge in [-0.3, -0.25) is 0 Å². The van der Waals surface area contributed by atoms with E-state index in [0.717, 1.165) is 22.4 Å². The third-order valence-electron chi connectivity index (χ3n) is 3.75. The van der Waals surface area contributed by atoms with Crippen LogP contribution in [-0.2, 0) is 0 Å². The van der Waals surface area contributed by atoms with Crippen LogP contribution in [0, 0.1) is 0 Å². The van der Waals surface area contributed by atoms with Crippen molar-refractivity contribution < 1.29 is 0 Å². The van der Waals surface area contributed by atoms with Crippen molar-refractivity contribution in [3.63, 3.8) is 0 Å². The van der Waals surface area contributed by atoms with Crippen LogP contribution in [0.15, 0.2) is 0 Å². The van der Waals surface area contributed by atoms with E-state index in [9.17, 15) is 0 Å². The molecule has 0 aliphatic carbocycles. The molecule has 86 valence electrons. The summed E-state index contributed by atoms with van der Waals surface area (Å²) >= 11 is 9.27. The van der Waals surface area contributed by atoms with Gasteiger partial charge in [-0.15, -0.1) is 0 Å². The summed E-state index contributed by atoms with van der Waals surface area (Å²) < 4.78 is 0. The molecule has 14 heavy (non-hydrogen) atoms. The predicted molar refractivity (Wildman–Crippen MR) is 77.7 cm³/mol. The fraction of sp³-hybridized carbons (Fsp3) is 1.00. The first-order valence-corrected chi connectivity index (χ1v) is 9.06. The lowest BCUT2D eigenvalue weighted by Crippen LogP contribution is -2.53. The minimum Gasteiger partial charge on any atom is -0.179 e. The van der Waals surface area contributed by atoms with Gasteiger partial charge in [-0.25, -0.2) is 0 Å². The molecule has 0 spiro atoms. The Morgan fingerprint density at radius 2 is 1.14 bits per heavy atom. The quantitative estimate of drug-likeness (QED) is 0.523. The molecule has 0 radical (unpaired) electrons. The van der Waals surface area contributed by atoms with Gasteiger partial charge in [0.25, 0.3) is 0 Å². The molecular weight excluding hydrogens is 224 g/mol. The second kappa shape index (κ2) is 5.85. The van der Waals surface area contributed by atoms with Gasteiger partial charge >= 0.3 is 0 Å². The zero-order valence-electron chi connectivity index (χ0n) is 10.4. The molecule has 0 heterocycles. The van der Waals surface area contributed by atoms with Gasteiger partial charge in [0.05, 0.1) is 8.07 Å². The van der Waals surface area contributed by atoms with Crippen LogP contribution in [0.1, 0.15) is 41.5 Å². The van der Waals surface area contributed by atoms with Crippen LogP contribution in [-0.4, -0.2) is 18.7 Å². The van der Waals surface area contributed by atoms with Crippen molar-refractivity contribution >= 4 is 33.3 Å². The molecule has 3 heteroatoms. The summed E-state index contributed by atoms with van der Waals surface area (Å²) in [6.07, 6.45) is 0. The smallest absolute Gasteiger partial charge is 0.0761 e. The van der Waals surface area contributed by atoms with E-state index >= 15 is 0 Å². The van der Waals surface area contributed by atoms with E-state index in [2.05, 4.69) is 54.2 Å². The highest BCUT2D eigenvalue weighted by Crippen LogP contribution is 2.45. The van der Waals surface area contributed by atoms with E-state index < -0.39 is 8.07 Å². The number of rotatable bonds is 5. The Kier molecular flexibility index (Phi) is 6.24. The normalized spacial score (nSPS) is 15.6. The molecule has 0 aromatic carbocycles. The van der Waals surface area contributed by atoms with E-state index in [1.807, 2.05) is 0 Å². The minimum atomic E-state index is -1.34. The lowest BCUT2D eigenvalue weighted by molar-refractivity contribution is 0.798. The first kappa shape index (κ1) is 14.9. The van der Waals surface area contributed by atoms with Crippen molar-refractivity contribution in [3.8, 4) is 0 Å². The molecule has 0 aromatic heterocycles. The molecule has 0 saturated carbocycles. The minimum absolute atomic E-state index is 0.519. The van der Waals surface area contributed by atoms with Gasteiger partial charge < -0.3 is 0 Å². The van der Waals surface area contributed by atoms with Crippen LogP contribution in [0.25, 0.3) is 0 Å². The van der Waals surface area contributed by atoms with Gasteiger partial charge in [0.2, 0.25) is 0 Å². The first-order chi connectivity index (χ1) is 6.31. The summed E-state index contributed by atoms with van der Waals surface area (Å²) in [7, 11) is -1.34. The van der Waals surface area contributed by atoms with Gasteiger partial charge in [0, 0.05) is 4.87 Å². The third kappa shape index (κ3) is 2.53. The standard InChI is InChI=1S/C11H26S2Si/c1-8(2)14(9(3)4,10(5)6)11(13)7-12/h8-13H,7H2,1-6H3. The Morgan fingerprint density at radius 1 is 0.857 bits per heavy atom. The van der Waals surface area contributed by atoms with E-state index in [1.165, 1.54) is 0 Å². The van der Waals surface area contributed by atoms with Gasteiger partial charge in [-0.05, 0) is 22.4 Å². The number of hydrogen-bond acceptors (Lipinski definition) is 2. The van der Waals surface area contributed by atoms with E-state index in [1.54, 1.807) is 0 Å². The van der Waals surface area contributed by atoms with Crippen LogP contribution >= 0.6 is 25.3 Å². The van der Waals surface area contributed by atoms with Crippen molar-refractivity contribution in [2.75, 3.05) is 5.75 Å². The van der Waals surface area contributed by atoms with Crippen molar-refractivity contribution in [3.05, 3.63) is 0 Å². The molecule has 0 aliphatic heterocycles. The topological polar surface area (TPSA) is 0 Å². The predicted octanol–water partition coefficient (Wildman–Crippen LogP) is 4.43. The molecule has 0 rings (SSSR count). The highest BCUT2D eigenvalue weighted by Gasteiger charge is 2.46.